The summed E-state index contributed by atoms with van der Waals surface area (Å²) in [7, 11) is 0. The molecular formula is C27H30ClN3O2S. The number of halogens is 1. The molecule has 0 saturated carbocycles. The van der Waals surface area contributed by atoms with Crippen molar-refractivity contribution in [1.82, 2.24) is 5.32 Å². The number of carbonyl (C=O) groups excluding carboxylic acids is 2. The van der Waals surface area contributed by atoms with E-state index in [1.807, 2.05) is 36.4 Å². The van der Waals surface area contributed by atoms with Gasteiger partial charge in [0.25, 0.3) is 11.8 Å². The molecule has 5 nitrogen and oxygen atoms in total. The Morgan fingerprint density at radius 1 is 1.18 bits per heavy atom. The first-order chi connectivity index (χ1) is 16.1. The van der Waals surface area contributed by atoms with Gasteiger partial charge in [-0.3, -0.25) is 19.8 Å². The van der Waals surface area contributed by atoms with Crippen LogP contribution in [0.25, 0.3) is 6.08 Å². The number of aryl methyl sites for hydroxylation is 1. The van der Waals surface area contributed by atoms with Crippen LogP contribution >= 0.6 is 23.8 Å². The maximum Gasteiger partial charge on any atom is 0.270 e. The molecule has 1 N–H and O–H groups in total. The number of nitrogens with one attached hydrogen (secondary N) is 1. The summed E-state index contributed by atoms with van der Waals surface area (Å²) in [5.41, 5.74) is 4.72. The van der Waals surface area contributed by atoms with Crippen LogP contribution in [0.15, 0.2) is 42.0 Å². The van der Waals surface area contributed by atoms with Crippen LogP contribution in [0.5, 0.6) is 0 Å². The van der Waals surface area contributed by atoms with Crippen LogP contribution in [0.3, 0.4) is 0 Å². The van der Waals surface area contributed by atoms with Crippen molar-refractivity contribution in [3.05, 3.63) is 63.7 Å². The first kappa shape index (κ1) is 24.4. The van der Waals surface area contributed by atoms with Crippen molar-refractivity contribution in [2.75, 3.05) is 16.3 Å². The minimum Gasteiger partial charge on any atom is -0.366 e. The zero-order valence-electron chi connectivity index (χ0n) is 20.2. The molecule has 2 aliphatic rings. The lowest BCUT2D eigenvalue weighted by Gasteiger charge is -2.47. The van der Waals surface area contributed by atoms with Crippen LogP contribution in [-0.4, -0.2) is 29.0 Å². The van der Waals surface area contributed by atoms with Gasteiger partial charge in [-0.05, 0) is 98.8 Å². The Labute approximate surface area is 211 Å². The monoisotopic (exact) mass is 495 g/mol. The van der Waals surface area contributed by atoms with Gasteiger partial charge in [-0.1, -0.05) is 37.6 Å². The summed E-state index contributed by atoms with van der Waals surface area (Å²) in [6.45, 7) is 11.8. The van der Waals surface area contributed by atoms with Crippen molar-refractivity contribution in [3.63, 3.8) is 0 Å². The molecule has 0 aromatic heterocycles. The zero-order chi connectivity index (χ0) is 24.8. The van der Waals surface area contributed by atoms with Crippen molar-refractivity contribution in [3.8, 4) is 0 Å². The van der Waals surface area contributed by atoms with E-state index < -0.39 is 11.8 Å². The Kier molecular flexibility index (Phi) is 6.58. The number of hydrogen-bond acceptors (Lipinski definition) is 4. The fourth-order valence-electron chi connectivity index (χ4n) is 5.16. The minimum atomic E-state index is -0.519. The quantitative estimate of drug-likeness (QED) is 0.328. The van der Waals surface area contributed by atoms with Crippen molar-refractivity contribution in [2.45, 2.75) is 58.9 Å². The smallest absolute Gasteiger partial charge is 0.270 e. The number of carbonyl (C=O) groups is 2. The molecule has 34 heavy (non-hydrogen) atoms. The minimum absolute atomic E-state index is 0.00570. The van der Waals surface area contributed by atoms with Gasteiger partial charge in [-0.25, -0.2) is 0 Å². The Balaban J connectivity index is 1.75. The molecule has 178 valence electrons. The van der Waals surface area contributed by atoms with Crippen LogP contribution in [0.4, 0.5) is 11.4 Å². The number of thiocarbonyl (C=S) groups is 1. The van der Waals surface area contributed by atoms with E-state index in [9.17, 15) is 9.59 Å². The molecule has 0 spiro atoms. The highest BCUT2D eigenvalue weighted by Crippen LogP contribution is 2.45. The van der Waals surface area contributed by atoms with E-state index in [0.29, 0.717) is 22.2 Å². The van der Waals surface area contributed by atoms with Gasteiger partial charge < -0.3 is 4.90 Å². The summed E-state index contributed by atoms with van der Waals surface area (Å²) >= 11 is 12.0. The van der Waals surface area contributed by atoms with Gasteiger partial charge in [-0.15, -0.1) is 0 Å². The highest BCUT2D eigenvalue weighted by Gasteiger charge is 2.37. The number of fused-ring (bicyclic) bond motifs is 1. The van der Waals surface area contributed by atoms with Gasteiger partial charge >= 0.3 is 0 Å². The molecule has 2 aliphatic heterocycles. The lowest BCUT2D eigenvalue weighted by atomic mass is 9.79. The van der Waals surface area contributed by atoms with Crippen molar-refractivity contribution >= 4 is 58.2 Å². The number of nitrogens with zero attached hydrogens (tertiary/aromatic N) is 2. The van der Waals surface area contributed by atoms with Crippen molar-refractivity contribution in [1.29, 1.82) is 0 Å². The van der Waals surface area contributed by atoms with E-state index >= 15 is 0 Å². The number of benzene rings is 2. The average molecular weight is 496 g/mol. The molecular weight excluding hydrogens is 466 g/mol. The number of hydrogen-bond donors (Lipinski definition) is 1. The van der Waals surface area contributed by atoms with E-state index in [0.717, 1.165) is 30.6 Å². The molecule has 0 bridgehead atoms. The molecule has 1 unspecified atom stereocenters. The predicted molar refractivity (Wildman–Crippen MR) is 144 cm³/mol. The SMILES string of the molecule is CCc1ccc(N2C(=O)/C(=C\c3cc4c(cc3Cl)N(CC)C(C)(C)CC4C)C(=O)NC2=S)cc1. The highest BCUT2D eigenvalue weighted by atomic mass is 35.5. The molecule has 7 heteroatoms. The first-order valence-electron chi connectivity index (χ1n) is 11.7. The molecule has 2 heterocycles. The second-order valence-corrected chi connectivity index (χ2v) is 10.4. The van der Waals surface area contributed by atoms with E-state index in [1.165, 1.54) is 10.5 Å². The predicted octanol–water partition coefficient (Wildman–Crippen LogP) is 5.85. The lowest BCUT2D eigenvalue weighted by molar-refractivity contribution is -0.122. The van der Waals surface area contributed by atoms with Gasteiger partial charge in [0.15, 0.2) is 5.11 Å². The summed E-state index contributed by atoms with van der Waals surface area (Å²) < 4.78 is 0. The van der Waals surface area contributed by atoms with Gasteiger partial charge in [0.2, 0.25) is 0 Å². The third-order valence-electron chi connectivity index (χ3n) is 6.82. The van der Waals surface area contributed by atoms with Gasteiger partial charge in [0.05, 0.1) is 5.69 Å². The largest absolute Gasteiger partial charge is 0.366 e. The molecule has 2 aromatic rings. The van der Waals surface area contributed by atoms with Crippen LogP contribution in [-0.2, 0) is 16.0 Å². The van der Waals surface area contributed by atoms with E-state index in [1.54, 1.807) is 6.08 Å². The fraction of sp³-hybridized carbons (Fsp3) is 0.370. The third kappa shape index (κ3) is 4.25. The Morgan fingerprint density at radius 3 is 2.47 bits per heavy atom. The number of rotatable bonds is 4. The second-order valence-electron chi connectivity index (χ2n) is 9.57. The lowest BCUT2D eigenvalue weighted by Crippen LogP contribution is -2.54. The first-order valence-corrected chi connectivity index (χ1v) is 12.5. The molecule has 0 aliphatic carbocycles. The summed E-state index contributed by atoms with van der Waals surface area (Å²) in [4.78, 5) is 29.9. The van der Waals surface area contributed by atoms with Gasteiger partial charge in [0.1, 0.15) is 5.57 Å². The van der Waals surface area contributed by atoms with Crippen LogP contribution in [0.2, 0.25) is 5.02 Å². The van der Waals surface area contributed by atoms with Gasteiger partial charge in [-0.2, -0.15) is 0 Å². The maximum atomic E-state index is 13.4. The molecule has 1 atom stereocenters. The van der Waals surface area contributed by atoms with E-state index in [-0.39, 0.29) is 16.2 Å². The van der Waals surface area contributed by atoms with E-state index in [2.05, 4.69) is 44.8 Å². The highest BCUT2D eigenvalue weighted by molar-refractivity contribution is 7.80. The van der Waals surface area contributed by atoms with E-state index in [4.69, 9.17) is 23.8 Å². The molecule has 2 aromatic carbocycles. The summed E-state index contributed by atoms with van der Waals surface area (Å²) in [6.07, 6.45) is 3.47. The van der Waals surface area contributed by atoms with Crippen LogP contribution in [0, 0.1) is 0 Å². The molecule has 1 fully saturated rings. The Morgan fingerprint density at radius 2 is 1.85 bits per heavy atom. The van der Waals surface area contributed by atoms with Crippen molar-refractivity contribution < 1.29 is 9.59 Å². The van der Waals surface area contributed by atoms with Crippen LogP contribution in [0.1, 0.15) is 63.6 Å². The topological polar surface area (TPSA) is 52.7 Å². The average Bonchev–Trinajstić information content (AvgIpc) is 2.77. The maximum absolute atomic E-state index is 13.4. The number of amides is 2. The third-order valence-corrected chi connectivity index (χ3v) is 7.44. The zero-order valence-corrected chi connectivity index (χ0v) is 21.8. The molecule has 0 radical (unpaired) electrons. The Hall–Kier alpha value is -2.70. The Bertz CT molecular complexity index is 1200. The summed E-state index contributed by atoms with van der Waals surface area (Å²) in [5, 5.41) is 3.23. The summed E-state index contributed by atoms with van der Waals surface area (Å²) in [6, 6.07) is 11.6. The number of anilines is 2. The molecule has 2 amide bonds. The summed E-state index contributed by atoms with van der Waals surface area (Å²) in [5.74, 6) is -0.662. The van der Waals surface area contributed by atoms with Crippen LogP contribution < -0.4 is 15.1 Å². The standard InChI is InChI=1S/C27H30ClN3O2S/c1-6-17-8-10-19(11-9-17)31-25(33)21(24(32)29-26(31)34)13-18-12-20-16(3)15-27(4,5)30(7-2)23(20)14-22(18)28/h8-14,16H,6-7,15H2,1-5H3,(H,29,32,34)/b21-13-. The van der Waals surface area contributed by atoms with Crippen molar-refractivity contribution in [2.24, 2.45) is 0 Å². The molecule has 1 saturated heterocycles. The fourth-order valence-corrected chi connectivity index (χ4v) is 5.65. The normalized spacial score (nSPS) is 21.1. The second kappa shape index (κ2) is 9.16. The van der Waals surface area contributed by atoms with Gasteiger partial charge in [0, 0.05) is 22.8 Å². The molecule has 4 rings (SSSR count).